The average molecular weight is 277 g/mol. The van der Waals surface area contributed by atoms with Gasteiger partial charge in [-0.1, -0.05) is 13.0 Å². The molecule has 0 aliphatic carbocycles. The molecule has 0 amide bonds. The number of nitrogens with one attached hydrogen (secondary N) is 1. The lowest BCUT2D eigenvalue weighted by Gasteiger charge is -2.20. The van der Waals surface area contributed by atoms with E-state index in [0.29, 0.717) is 13.0 Å². The maximum Gasteiger partial charge on any atom is 0.389 e. The van der Waals surface area contributed by atoms with Crippen molar-refractivity contribution in [1.29, 1.82) is 0 Å². The third-order valence-electron chi connectivity index (χ3n) is 3.01. The highest BCUT2D eigenvalue weighted by molar-refractivity contribution is 5.29. The van der Waals surface area contributed by atoms with E-state index in [0.717, 1.165) is 11.1 Å². The molecule has 0 saturated heterocycles. The van der Waals surface area contributed by atoms with Crippen molar-refractivity contribution in [3.63, 3.8) is 0 Å². The Kier molecular flexibility index (Phi) is 5.79. The number of aryl methyl sites for hydroxylation is 1. The van der Waals surface area contributed by atoms with Crippen LogP contribution in [0.4, 0.5) is 17.6 Å². The Labute approximate surface area is 111 Å². The Bertz CT molecular complexity index is 401. The zero-order valence-electron chi connectivity index (χ0n) is 11.1. The third-order valence-corrected chi connectivity index (χ3v) is 3.01. The van der Waals surface area contributed by atoms with Crippen LogP contribution < -0.4 is 5.32 Å². The van der Waals surface area contributed by atoms with Gasteiger partial charge in [0.15, 0.2) is 0 Å². The highest BCUT2D eigenvalue weighted by Crippen LogP contribution is 2.27. The van der Waals surface area contributed by atoms with E-state index in [-0.39, 0.29) is 18.3 Å². The lowest BCUT2D eigenvalue weighted by molar-refractivity contribution is -0.135. The van der Waals surface area contributed by atoms with Crippen molar-refractivity contribution < 1.29 is 17.6 Å². The molecule has 19 heavy (non-hydrogen) atoms. The van der Waals surface area contributed by atoms with E-state index in [1.54, 1.807) is 13.0 Å². The van der Waals surface area contributed by atoms with Gasteiger partial charge in [-0.3, -0.25) is 0 Å². The van der Waals surface area contributed by atoms with Gasteiger partial charge in [0.05, 0.1) is 0 Å². The first-order chi connectivity index (χ1) is 8.83. The summed E-state index contributed by atoms with van der Waals surface area (Å²) in [5, 5.41) is 3.16. The Morgan fingerprint density at radius 3 is 2.47 bits per heavy atom. The van der Waals surface area contributed by atoms with E-state index < -0.39 is 12.6 Å². The molecule has 0 spiro atoms. The zero-order valence-corrected chi connectivity index (χ0v) is 11.1. The lowest BCUT2D eigenvalue weighted by atomic mass is 9.96. The molecule has 1 aromatic rings. The van der Waals surface area contributed by atoms with Gasteiger partial charge in [0.1, 0.15) is 5.82 Å². The van der Waals surface area contributed by atoms with Gasteiger partial charge < -0.3 is 5.32 Å². The number of hydrogen-bond donors (Lipinski definition) is 1. The second-order valence-electron chi connectivity index (χ2n) is 4.62. The maximum absolute atomic E-state index is 13.0. The van der Waals surface area contributed by atoms with Crippen molar-refractivity contribution in [3.8, 4) is 0 Å². The van der Waals surface area contributed by atoms with E-state index in [4.69, 9.17) is 0 Å². The Morgan fingerprint density at radius 2 is 1.95 bits per heavy atom. The summed E-state index contributed by atoms with van der Waals surface area (Å²) in [4.78, 5) is 0. The highest BCUT2D eigenvalue weighted by atomic mass is 19.4. The van der Waals surface area contributed by atoms with Gasteiger partial charge >= 0.3 is 6.18 Å². The molecule has 1 nitrogen and oxygen atoms in total. The van der Waals surface area contributed by atoms with Crippen LogP contribution in [0.25, 0.3) is 0 Å². The molecule has 1 N–H and O–H groups in total. The summed E-state index contributed by atoms with van der Waals surface area (Å²) in [6.07, 6.45) is -4.44. The predicted molar refractivity (Wildman–Crippen MR) is 67.5 cm³/mol. The van der Waals surface area contributed by atoms with Crippen LogP contribution in [0.15, 0.2) is 18.2 Å². The van der Waals surface area contributed by atoms with Gasteiger partial charge in [-0.15, -0.1) is 0 Å². The van der Waals surface area contributed by atoms with Crippen molar-refractivity contribution in [3.05, 3.63) is 35.1 Å². The number of halogens is 4. The second kappa shape index (κ2) is 6.89. The Morgan fingerprint density at radius 1 is 1.26 bits per heavy atom. The van der Waals surface area contributed by atoms with Crippen LogP contribution >= 0.6 is 0 Å². The van der Waals surface area contributed by atoms with Crippen LogP contribution in [0.3, 0.4) is 0 Å². The minimum Gasteiger partial charge on any atom is -0.310 e. The first-order valence-corrected chi connectivity index (χ1v) is 6.39. The van der Waals surface area contributed by atoms with Crippen molar-refractivity contribution in [2.24, 2.45) is 0 Å². The summed E-state index contributed by atoms with van der Waals surface area (Å²) < 4.78 is 49.5. The molecular formula is C14H19F4N. The van der Waals surface area contributed by atoms with E-state index >= 15 is 0 Å². The number of hydrogen-bond acceptors (Lipinski definition) is 1. The summed E-state index contributed by atoms with van der Waals surface area (Å²) >= 11 is 0. The van der Waals surface area contributed by atoms with Crippen LogP contribution in [0.5, 0.6) is 0 Å². The summed E-state index contributed by atoms with van der Waals surface area (Å²) in [6, 6.07) is 4.23. The van der Waals surface area contributed by atoms with Crippen molar-refractivity contribution >= 4 is 0 Å². The van der Waals surface area contributed by atoms with Crippen LogP contribution in [-0.2, 0) is 0 Å². The topological polar surface area (TPSA) is 12.0 Å². The van der Waals surface area contributed by atoms with Gasteiger partial charge in [-0.2, -0.15) is 13.2 Å². The fraction of sp³-hybridized carbons (Fsp3) is 0.571. The Balaban J connectivity index is 2.71. The van der Waals surface area contributed by atoms with E-state index in [1.165, 1.54) is 12.1 Å². The fourth-order valence-corrected chi connectivity index (χ4v) is 2.15. The van der Waals surface area contributed by atoms with Gasteiger partial charge in [-0.05, 0) is 49.6 Å². The maximum atomic E-state index is 13.0. The van der Waals surface area contributed by atoms with E-state index in [1.807, 2.05) is 6.92 Å². The monoisotopic (exact) mass is 277 g/mol. The van der Waals surface area contributed by atoms with E-state index in [2.05, 4.69) is 5.32 Å². The molecule has 0 aliphatic heterocycles. The quantitative estimate of drug-likeness (QED) is 0.754. The molecule has 5 heteroatoms. The SMILES string of the molecule is CCNC(CCCC(F)(F)F)c1ccc(F)cc1C. The first kappa shape index (κ1) is 16.0. The number of benzene rings is 1. The largest absolute Gasteiger partial charge is 0.389 e. The van der Waals surface area contributed by atoms with Crippen molar-refractivity contribution in [2.45, 2.75) is 45.3 Å². The molecule has 0 radical (unpaired) electrons. The summed E-state index contributed by atoms with van der Waals surface area (Å²) in [7, 11) is 0. The number of alkyl halides is 3. The van der Waals surface area contributed by atoms with Crippen LogP contribution in [0, 0.1) is 12.7 Å². The van der Waals surface area contributed by atoms with Crippen molar-refractivity contribution in [1.82, 2.24) is 5.32 Å². The van der Waals surface area contributed by atoms with Crippen LogP contribution in [0.2, 0.25) is 0 Å². The van der Waals surface area contributed by atoms with Gasteiger partial charge in [0.2, 0.25) is 0 Å². The van der Waals surface area contributed by atoms with E-state index in [9.17, 15) is 17.6 Å². The van der Waals surface area contributed by atoms with Crippen LogP contribution in [-0.4, -0.2) is 12.7 Å². The molecule has 0 bridgehead atoms. The Hall–Kier alpha value is -1.10. The van der Waals surface area contributed by atoms with Crippen LogP contribution in [0.1, 0.15) is 43.4 Å². The summed E-state index contributed by atoms with van der Waals surface area (Å²) in [5.41, 5.74) is 1.63. The molecule has 1 aromatic carbocycles. The molecule has 108 valence electrons. The molecular weight excluding hydrogens is 258 g/mol. The molecule has 1 unspecified atom stereocenters. The first-order valence-electron chi connectivity index (χ1n) is 6.39. The summed E-state index contributed by atoms with van der Waals surface area (Å²) in [5.74, 6) is -0.327. The lowest BCUT2D eigenvalue weighted by Crippen LogP contribution is -2.22. The molecule has 0 fully saturated rings. The summed E-state index contributed by atoms with van der Waals surface area (Å²) in [6.45, 7) is 4.33. The fourth-order valence-electron chi connectivity index (χ4n) is 2.15. The predicted octanol–water partition coefficient (Wildman–Crippen LogP) is 4.52. The second-order valence-corrected chi connectivity index (χ2v) is 4.62. The van der Waals surface area contributed by atoms with Gasteiger partial charge in [0, 0.05) is 12.5 Å². The van der Waals surface area contributed by atoms with Gasteiger partial charge in [0.25, 0.3) is 0 Å². The van der Waals surface area contributed by atoms with Gasteiger partial charge in [-0.25, -0.2) is 4.39 Å². The molecule has 0 saturated carbocycles. The minimum atomic E-state index is -4.12. The molecule has 0 heterocycles. The molecule has 0 aliphatic rings. The minimum absolute atomic E-state index is 0.0674. The van der Waals surface area contributed by atoms with Crippen molar-refractivity contribution in [2.75, 3.05) is 6.54 Å². The average Bonchev–Trinajstić information content (AvgIpc) is 2.26. The number of rotatable bonds is 6. The smallest absolute Gasteiger partial charge is 0.310 e. The standard InChI is InChI=1S/C14H19F4N/c1-3-19-13(5-4-8-14(16,17)18)12-7-6-11(15)9-10(12)2/h6-7,9,13,19H,3-5,8H2,1-2H3. The molecule has 1 rings (SSSR count). The molecule has 1 atom stereocenters. The third kappa shape index (κ3) is 5.59. The molecule has 0 aromatic heterocycles. The highest BCUT2D eigenvalue weighted by Gasteiger charge is 2.27. The zero-order chi connectivity index (χ0) is 14.5. The normalized spacial score (nSPS) is 13.6.